The smallest absolute Gasteiger partial charge is 0.284 e. The first kappa shape index (κ1) is 5.29. The lowest BCUT2D eigenvalue weighted by Gasteiger charge is -1.88. The van der Waals surface area contributed by atoms with Gasteiger partial charge in [0.15, 0.2) is 5.58 Å². The van der Waals surface area contributed by atoms with Crippen LogP contribution in [0.5, 0.6) is 0 Å². The van der Waals surface area contributed by atoms with Gasteiger partial charge in [0.2, 0.25) is 0 Å². The molecular weight excluding hydrogens is 128 g/mol. The summed E-state index contributed by atoms with van der Waals surface area (Å²) in [6.07, 6.45) is 2.38. The minimum Gasteiger partial charge on any atom is -0.432 e. The van der Waals surface area contributed by atoms with Crippen LogP contribution >= 0.6 is 0 Å². The lowest BCUT2D eigenvalue weighted by molar-refractivity contribution is 0.591. The highest BCUT2D eigenvalue weighted by atomic mass is 16.3. The molecule has 1 heterocycles. The van der Waals surface area contributed by atoms with E-state index in [1.165, 1.54) is 0 Å². The van der Waals surface area contributed by atoms with Gasteiger partial charge >= 0.3 is 0 Å². The van der Waals surface area contributed by atoms with Gasteiger partial charge in [-0.3, -0.25) is 0 Å². The molecule has 0 unspecified atom stereocenters. The Bertz CT molecular complexity index is 353. The monoisotopic (exact) mass is 133 g/mol. The molecule has 1 aromatic heterocycles. The van der Waals surface area contributed by atoms with Crippen LogP contribution in [0.25, 0.3) is 11.1 Å². The van der Waals surface area contributed by atoms with Crippen molar-refractivity contribution < 1.29 is 4.42 Å². The van der Waals surface area contributed by atoms with Gasteiger partial charge in [-0.05, 0) is 18.2 Å². The number of aromatic nitrogens is 1. The van der Waals surface area contributed by atoms with Gasteiger partial charge in [0, 0.05) is 5.69 Å². The molecule has 3 heteroatoms. The highest BCUT2D eigenvalue weighted by Gasteiger charge is 1.96. The maximum Gasteiger partial charge on any atom is 0.284 e. The molecule has 0 aliphatic carbocycles. The summed E-state index contributed by atoms with van der Waals surface area (Å²) < 4.78 is 4.88. The maximum atomic E-state index is 5.49. The van der Waals surface area contributed by atoms with Crippen molar-refractivity contribution in [1.29, 1.82) is 0 Å². The highest BCUT2D eigenvalue weighted by molar-refractivity contribution is 5.75. The zero-order valence-electron chi connectivity index (χ0n) is 5.16. The van der Waals surface area contributed by atoms with E-state index in [2.05, 4.69) is 11.4 Å². The number of hydrogen-bond acceptors (Lipinski definition) is 3. The molecule has 0 saturated heterocycles. The van der Waals surface area contributed by atoms with Gasteiger partial charge in [-0.25, -0.2) is 4.98 Å². The lowest BCUT2D eigenvalue weighted by atomic mass is 10.3. The summed E-state index contributed by atoms with van der Waals surface area (Å²) >= 11 is 0. The number of anilines is 1. The Morgan fingerprint density at radius 2 is 2.40 bits per heavy atom. The number of nitrogens with zero attached hydrogens (tertiary/aromatic N) is 1. The minimum atomic E-state index is 0.690. The van der Waals surface area contributed by atoms with Crippen LogP contribution in [-0.2, 0) is 0 Å². The van der Waals surface area contributed by atoms with E-state index in [-0.39, 0.29) is 0 Å². The fourth-order valence-electron chi connectivity index (χ4n) is 0.829. The quantitative estimate of drug-likeness (QED) is 0.549. The van der Waals surface area contributed by atoms with Crippen molar-refractivity contribution in [3.8, 4) is 0 Å². The van der Waals surface area contributed by atoms with Gasteiger partial charge in [0.05, 0.1) is 0 Å². The normalized spacial score (nSPS) is 10.4. The number of hydrogen-bond donors (Lipinski definition) is 1. The van der Waals surface area contributed by atoms with E-state index in [1.807, 2.05) is 0 Å². The minimum absolute atomic E-state index is 0.690. The summed E-state index contributed by atoms with van der Waals surface area (Å²) in [4.78, 5) is 3.81. The van der Waals surface area contributed by atoms with E-state index in [0.717, 1.165) is 5.52 Å². The van der Waals surface area contributed by atoms with E-state index in [0.29, 0.717) is 11.3 Å². The Morgan fingerprint density at radius 1 is 1.50 bits per heavy atom. The number of rotatable bonds is 0. The SMILES string of the molecule is Nc1ccc2o[c]nc2c1. The topological polar surface area (TPSA) is 52.0 Å². The molecule has 1 radical (unpaired) electrons. The summed E-state index contributed by atoms with van der Waals surface area (Å²) in [5.41, 5.74) is 7.64. The molecule has 0 atom stereocenters. The van der Waals surface area contributed by atoms with Gasteiger partial charge < -0.3 is 10.2 Å². The van der Waals surface area contributed by atoms with Crippen molar-refractivity contribution >= 4 is 16.8 Å². The predicted octanol–water partition coefficient (Wildman–Crippen LogP) is 1.21. The summed E-state index contributed by atoms with van der Waals surface area (Å²) in [5.74, 6) is 0. The van der Waals surface area contributed by atoms with Crippen LogP contribution in [0.2, 0.25) is 0 Å². The standard InChI is InChI=1S/C7H5N2O/c8-5-1-2-7-6(3-5)9-4-10-7/h1-3H,8H2. The third kappa shape index (κ3) is 0.639. The van der Waals surface area contributed by atoms with Crippen LogP contribution in [0.3, 0.4) is 0 Å². The maximum absolute atomic E-state index is 5.49. The second-order valence-corrected chi connectivity index (χ2v) is 2.03. The van der Waals surface area contributed by atoms with Crippen molar-refractivity contribution in [2.24, 2.45) is 0 Å². The molecule has 10 heavy (non-hydrogen) atoms. The molecule has 0 saturated carbocycles. The summed E-state index contributed by atoms with van der Waals surface area (Å²) in [7, 11) is 0. The van der Waals surface area contributed by atoms with Gasteiger partial charge in [0.1, 0.15) is 5.52 Å². The largest absolute Gasteiger partial charge is 0.432 e. The molecule has 0 fully saturated rings. The van der Waals surface area contributed by atoms with Crippen LogP contribution < -0.4 is 5.73 Å². The van der Waals surface area contributed by atoms with E-state index in [1.54, 1.807) is 18.2 Å². The Labute approximate surface area is 57.5 Å². The number of nitrogens with two attached hydrogens (primary N) is 1. The van der Waals surface area contributed by atoms with Crippen molar-refractivity contribution in [3.63, 3.8) is 0 Å². The van der Waals surface area contributed by atoms with Crippen LogP contribution in [0.1, 0.15) is 0 Å². The van der Waals surface area contributed by atoms with Crippen molar-refractivity contribution in [3.05, 3.63) is 24.6 Å². The first-order chi connectivity index (χ1) is 4.86. The fourth-order valence-corrected chi connectivity index (χ4v) is 0.829. The van der Waals surface area contributed by atoms with E-state index in [9.17, 15) is 0 Å². The average molecular weight is 133 g/mol. The second-order valence-electron chi connectivity index (χ2n) is 2.03. The number of benzene rings is 1. The molecule has 0 bridgehead atoms. The molecular formula is C7H5N2O. The molecule has 2 N–H and O–H groups in total. The second kappa shape index (κ2) is 1.73. The van der Waals surface area contributed by atoms with E-state index >= 15 is 0 Å². The number of nitrogen functional groups attached to an aromatic ring is 1. The predicted molar refractivity (Wildman–Crippen MR) is 37.3 cm³/mol. The Morgan fingerprint density at radius 3 is 3.30 bits per heavy atom. The molecule has 0 aliphatic rings. The van der Waals surface area contributed by atoms with Crippen molar-refractivity contribution in [2.45, 2.75) is 0 Å². The number of fused-ring (bicyclic) bond motifs is 1. The van der Waals surface area contributed by atoms with Gasteiger partial charge in [-0.1, -0.05) is 0 Å². The molecule has 1 aromatic carbocycles. The zero-order valence-corrected chi connectivity index (χ0v) is 5.16. The first-order valence-corrected chi connectivity index (χ1v) is 2.88. The van der Waals surface area contributed by atoms with Crippen molar-refractivity contribution in [2.75, 3.05) is 5.73 Å². The van der Waals surface area contributed by atoms with E-state index < -0.39 is 0 Å². The Hall–Kier alpha value is -1.51. The molecule has 0 spiro atoms. The molecule has 49 valence electrons. The summed E-state index contributed by atoms with van der Waals surface area (Å²) in [6.45, 7) is 0. The van der Waals surface area contributed by atoms with Gasteiger partial charge in [-0.2, -0.15) is 0 Å². The van der Waals surface area contributed by atoms with Crippen LogP contribution in [0.4, 0.5) is 5.69 Å². The van der Waals surface area contributed by atoms with Crippen molar-refractivity contribution in [1.82, 2.24) is 4.98 Å². The van der Waals surface area contributed by atoms with Gasteiger partial charge in [-0.15, -0.1) is 0 Å². The first-order valence-electron chi connectivity index (χ1n) is 2.88. The molecule has 0 amide bonds. The number of oxazole rings is 1. The molecule has 0 aliphatic heterocycles. The summed E-state index contributed by atoms with van der Waals surface area (Å²) in [6, 6.07) is 5.28. The third-order valence-corrected chi connectivity index (χ3v) is 1.30. The van der Waals surface area contributed by atoms with E-state index in [4.69, 9.17) is 10.2 Å². The van der Waals surface area contributed by atoms with Crippen LogP contribution in [0, 0.1) is 6.39 Å². The molecule has 2 rings (SSSR count). The van der Waals surface area contributed by atoms with Crippen LogP contribution in [-0.4, -0.2) is 4.98 Å². The molecule has 3 nitrogen and oxygen atoms in total. The zero-order chi connectivity index (χ0) is 6.97. The summed E-state index contributed by atoms with van der Waals surface area (Å²) in [5, 5.41) is 0. The third-order valence-electron chi connectivity index (χ3n) is 1.30. The average Bonchev–Trinajstić information content (AvgIpc) is 2.33. The highest BCUT2D eigenvalue weighted by Crippen LogP contribution is 2.14. The van der Waals surface area contributed by atoms with Crippen LogP contribution in [0.15, 0.2) is 22.6 Å². The molecule has 2 aromatic rings. The van der Waals surface area contributed by atoms with Gasteiger partial charge in [0.25, 0.3) is 6.39 Å². The lowest BCUT2D eigenvalue weighted by Crippen LogP contribution is -1.81. The Kier molecular flexibility index (Phi) is 0.917. The fraction of sp³-hybridized carbons (Fsp3) is 0. The Balaban J connectivity index is 2.86.